The van der Waals surface area contributed by atoms with E-state index in [1.54, 1.807) is 22.5 Å². The van der Waals surface area contributed by atoms with Crippen LogP contribution in [-0.4, -0.2) is 35.1 Å². The van der Waals surface area contributed by atoms with Crippen molar-refractivity contribution in [1.29, 1.82) is 0 Å². The van der Waals surface area contributed by atoms with Crippen molar-refractivity contribution in [3.63, 3.8) is 0 Å². The molecule has 0 spiro atoms. The van der Waals surface area contributed by atoms with Crippen molar-refractivity contribution in [2.24, 2.45) is 0 Å². The van der Waals surface area contributed by atoms with Crippen LogP contribution in [-0.2, 0) is 50.0 Å². The van der Waals surface area contributed by atoms with E-state index in [4.69, 9.17) is 4.74 Å². The molecule has 0 aromatic heterocycles. The predicted octanol–water partition coefficient (Wildman–Crippen LogP) is 3.47. The second-order valence-electron chi connectivity index (χ2n) is 4.13. The van der Waals surface area contributed by atoms with Crippen LogP contribution in [0.5, 0.6) is 0 Å². The Balaban J connectivity index is -0.0000000821. The third kappa shape index (κ3) is 36.5. The van der Waals surface area contributed by atoms with Gasteiger partial charge < -0.3 is 45.2 Å². The Bertz CT molecular complexity index is 159. The van der Waals surface area contributed by atoms with E-state index in [2.05, 4.69) is 13.8 Å². The van der Waals surface area contributed by atoms with Gasteiger partial charge in [0.25, 0.3) is 0 Å². The van der Waals surface area contributed by atoms with Gasteiger partial charge in [-0.05, 0) is 12.8 Å². The summed E-state index contributed by atoms with van der Waals surface area (Å²) >= 11 is 1.68. The maximum atomic E-state index is 10.9. The van der Waals surface area contributed by atoms with Gasteiger partial charge in [-0.3, -0.25) is 4.79 Å². The van der Waals surface area contributed by atoms with E-state index in [0.29, 0.717) is 13.0 Å². The molecule has 0 N–H and O–H groups in total. The van der Waals surface area contributed by atoms with Crippen LogP contribution in [0.4, 0.5) is 0 Å². The Kier molecular flexibility index (Phi) is 53.4. The summed E-state index contributed by atoms with van der Waals surface area (Å²) in [4.78, 5) is 10.9. The molecule has 0 rings (SSSR count). The number of carbonyl (C=O) groups is 1. The summed E-state index contributed by atoms with van der Waals surface area (Å²) < 4.78 is 6.42. The standard InChI is InChI=1S/C10H20O2.C4H9.3H2S.Sn/c1-3-5-6-7-9-12-10(11)8-4-2;1-3-4-2;;;;/h3-9H2,1-2H3;1,3-4H2,2H3;3*1H2;/q;;;;;+3/p-3. The van der Waals surface area contributed by atoms with Crippen LogP contribution < -0.4 is 0 Å². The van der Waals surface area contributed by atoms with Gasteiger partial charge in [0.1, 0.15) is 0 Å². The number of esters is 1. The predicted molar refractivity (Wildman–Crippen MR) is 102 cm³/mol. The Labute approximate surface area is 161 Å². The number of hydrogen-bond donors (Lipinski definition) is 0. The van der Waals surface area contributed by atoms with Crippen LogP contribution in [0.15, 0.2) is 0 Å². The molecule has 0 radical (unpaired) electrons. The van der Waals surface area contributed by atoms with Gasteiger partial charge in [-0.2, -0.15) is 0 Å². The maximum Gasteiger partial charge on any atom is -0.813 e. The van der Waals surface area contributed by atoms with Crippen LogP contribution in [0.1, 0.15) is 72.1 Å². The third-order valence-corrected chi connectivity index (χ3v) is 3.25. The summed E-state index contributed by atoms with van der Waals surface area (Å²) in [5.74, 6) is -0.0472. The zero-order valence-electron chi connectivity index (χ0n) is 13.2. The maximum absolute atomic E-state index is 10.9. The summed E-state index contributed by atoms with van der Waals surface area (Å²) in [6, 6.07) is 0. The molecular weight excluding hydrogens is 415 g/mol. The molecule has 0 saturated carbocycles. The zero-order valence-corrected chi connectivity index (χ0v) is 18.8. The van der Waals surface area contributed by atoms with Gasteiger partial charge in [0, 0.05) is 6.42 Å². The van der Waals surface area contributed by atoms with Crippen molar-refractivity contribution in [3.8, 4) is 0 Å². The number of unbranched alkanes of at least 4 members (excludes halogenated alkanes) is 4. The van der Waals surface area contributed by atoms with E-state index in [0.717, 1.165) is 12.8 Å². The van der Waals surface area contributed by atoms with Crippen LogP contribution in [0.3, 0.4) is 0 Å². The summed E-state index contributed by atoms with van der Waals surface area (Å²) in [6.45, 7) is 6.99. The molecule has 0 aliphatic rings. The molecule has 0 heterocycles. The van der Waals surface area contributed by atoms with Gasteiger partial charge in [0.2, 0.25) is 0 Å². The minimum Gasteiger partial charge on any atom is -0.813 e. The molecular formula is C14H32O2S3Sn. The minimum absolute atomic E-state index is 0. The molecule has 0 atom stereocenters. The normalized spacial score (nSPS) is 8.05. The van der Waals surface area contributed by atoms with Crippen molar-refractivity contribution >= 4 is 69.0 Å². The quantitative estimate of drug-likeness (QED) is 0.177. The zero-order chi connectivity index (χ0) is 13.4. The van der Waals surface area contributed by atoms with Crippen molar-refractivity contribution in [2.45, 2.75) is 76.6 Å². The molecule has 0 unspecified atom stereocenters. The average Bonchev–Trinajstić information content (AvgIpc) is 2.31. The number of thiol groups is 3. The molecule has 0 amide bonds. The SMILES string of the molecule is CCCCCCOC(=O)CCC.CCC[CH2][Sn+3].[SH-].[SH-].[SH-]. The molecule has 0 aromatic rings. The summed E-state index contributed by atoms with van der Waals surface area (Å²) in [7, 11) is 0. The van der Waals surface area contributed by atoms with Gasteiger partial charge in [-0.15, -0.1) is 0 Å². The van der Waals surface area contributed by atoms with Crippen molar-refractivity contribution < 1.29 is 9.53 Å². The van der Waals surface area contributed by atoms with E-state index in [1.807, 2.05) is 6.92 Å². The summed E-state index contributed by atoms with van der Waals surface area (Å²) in [6.07, 6.45) is 8.90. The number of hydrogen-bond acceptors (Lipinski definition) is 5. The van der Waals surface area contributed by atoms with E-state index >= 15 is 0 Å². The van der Waals surface area contributed by atoms with Gasteiger partial charge in [-0.25, -0.2) is 0 Å². The first-order valence-electron chi connectivity index (χ1n) is 7.03. The minimum atomic E-state index is -0.0472. The fourth-order valence-electron chi connectivity index (χ4n) is 1.17. The molecule has 0 aromatic carbocycles. The van der Waals surface area contributed by atoms with Crippen LogP contribution in [0, 0.1) is 0 Å². The second kappa shape index (κ2) is 32.3. The van der Waals surface area contributed by atoms with Gasteiger partial charge >= 0.3 is 52.7 Å². The monoisotopic (exact) mass is 448 g/mol. The van der Waals surface area contributed by atoms with E-state index in [1.165, 1.54) is 36.5 Å². The van der Waals surface area contributed by atoms with E-state index < -0.39 is 0 Å². The Morgan fingerprint density at radius 1 is 0.850 bits per heavy atom. The van der Waals surface area contributed by atoms with Gasteiger partial charge in [0.15, 0.2) is 0 Å². The molecule has 0 bridgehead atoms. The van der Waals surface area contributed by atoms with Crippen molar-refractivity contribution in [3.05, 3.63) is 0 Å². The first kappa shape index (κ1) is 33.1. The molecule has 6 heteroatoms. The smallest absolute Gasteiger partial charge is 0.813 e. The summed E-state index contributed by atoms with van der Waals surface area (Å²) in [5, 5.41) is 0. The molecule has 0 fully saturated rings. The number of carbonyl (C=O) groups excluding carboxylic acids is 1. The third-order valence-electron chi connectivity index (χ3n) is 2.25. The fourth-order valence-corrected chi connectivity index (χ4v) is 2.18. The van der Waals surface area contributed by atoms with Gasteiger partial charge in [-0.1, -0.05) is 33.1 Å². The van der Waals surface area contributed by atoms with E-state index in [9.17, 15) is 4.79 Å². The van der Waals surface area contributed by atoms with Crippen LogP contribution >= 0.6 is 0 Å². The number of rotatable bonds is 9. The fraction of sp³-hybridized carbons (Fsp3) is 0.929. The second-order valence-corrected chi connectivity index (χ2v) is 5.56. The molecule has 20 heavy (non-hydrogen) atoms. The Hall–Kier alpha value is 1.32. The number of ether oxygens (including phenoxy) is 1. The van der Waals surface area contributed by atoms with E-state index in [-0.39, 0.29) is 46.5 Å². The first-order valence-corrected chi connectivity index (χ1v) is 9.04. The van der Waals surface area contributed by atoms with Crippen molar-refractivity contribution in [1.82, 2.24) is 0 Å². The first-order chi connectivity index (χ1) is 8.22. The molecule has 0 saturated heterocycles. The van der Waals surface area contributed by atoms with Crippen LogP contribution in [0.2, 0.25) is 4.44 Å². The summed E-state index contributed by atoms with van der Waals surface area (Å²) in [5.41, 5.74) is 0. The Morgan fingerprint density at radius 3 is 1.75 bits per heavy atom. The van der Waals surface area contributed by atoms with Crippen molar-refractivity contribution in [2.75, 3.05) is 6.61 Å². The molecule has 122 valence electrons. The topological polar surface area (TPSA) is 26.3 Å². The molecule has 0 aliphatic carbocycles. The molecule has 2 nitrogen and oxygen atoms in total. The largest absolute Gasteiger partial charge is 0.813 e. The van der Waals surface area contributed by atoms with Crippen LogP contribution in [0.25, 0.3) is 0 Å². The average molecular weight is 447 g/mol. The van der Waals surface area contributed by atoms with Gasteiger partial charge in [0.05, 0.1) is 6.61 Å². The molecule has 0 aliphatic heterocycles. The Morgan fingerprint density at radius 2 is 1.40 bits per heavy atom.